The first kappa shape index (κ1) is 18.1. The van der Waals surface area contributed by atoms with Gasteiger partial charge < -0.3 is 19.3 Å². The van der Waals surface area contributed by atoms with E-state index in [4.69, 9.17) is 14.2 Å². The largest absolute Gasteiger partial charge is 0.458 e. The fourth-order valence-corrected chi connectivity index (χ4v) is 4.79. The molecule has 2 saturated heterocycles. The standard InChI is InChI=1S/C20H22O7/c1-6-8(2)17(22)25-11-7-9(3)13-14(21)16-19(5,27-16)20(13,24)15-12(11)10(4)18(23)26-15/h6,11-13,15-16,24H,3-4,7H2,1-2,5H3/b8-6+. The molecule has 1 N–H and O–H groups in total. The van der Waals surface area contributed by atoms with Crippen LogP contribution in [-0.2, 0) is 28.6 Å². The van der Waals surface area contributed by atoms with Crippen molar-refractivity contribution in [2.75, 3.05) is 0 Å². The SMILES string of the molecule is C=C1C(=O)OC2C1C(OC(=O)/C(C)=C/C)CC(=C)C1C(=O)C3OC3(C)C12O. The Labute approximate surface area is 156 Å². The number of epoxide rings is 1. The molecule has 0 aromatic carbocycles. The first-order chi connectivity index (χ1) is 12.6. The molecule has 2 aliphatic carbocycles. The maximum Gasteiger partial charge on any atom is 0.334 e. The number of esters is 2. The Hall–Kier alpha value is -2.25. The van der Waals surface area contributed by atoms with Crippen LogP contribution < -0.4 is 0 Å². The Balaban J connectivity index is 1.80. The van der Waals surface area contributed by atoms with E-state index in [0.29, 0.717) is 11.1 Å². The van der Waals surface area contributed by atoms with Gasteiger partial charge in [-0.05, 0) is 20.8 Å². The molecule has 7 atom stereocenters. The topological polar surface area (TPSA) is 102 Å². The number of ketones is 1. The number of aliphatic hydroxyl groups is 1. The van der Waals surface area contributed by atoms with E-state index in [2.05, 4.69) is 13.2 Å². The number of carbonyl (C=O) groups excluding carboxylic acids is 3. The molecule has 4 rings (SSSR count). The molecule has 144 valence electrons. The van der Waals surface area contributed by atoms with Gasteiger partial charge in [0, 0.05) is 17.6 Å². The lowest BCUT2D eigenvalue weighted by Crippen LogP contribution is -2.58. The zero-order valence-corrected chi connectivity index (χ0v) is 15.5. The molecule has 0 amide bonds. The molecule has 7 heteroatoms. The Kier molecular flexibility index (Phi) is 3.62. The van der Waals surface area contributed by atoms with Crippen molar-refractivity contribution in [3.63, 3.8) is 0 Å². The fraction of sp³-hybridized carbons (Fsp3) is 0.550. The number of Topliss-reactive ketones (excluding diaryl/α,β-unsaturated/α-hetero) is 1. The van der Waals surface area contributed by atoms with E-state index in [9.17, 15) is 19.5 Å². The van der Waals surface area contributed by atoms with Gasteiger partial charge in [-0.25, -0.2) is 9.59 Å². The molecule has 4 aliphatic rings. The van der Waals surface area contributed by atoms with Crippen LogP contribution in [0.25, 0.3) is 0 Å². The second kappa shape index (κ2) is 5.39. The molecule has 27 heavy (non-hydrogen) atoms. The van der Waals surface area contributed by atoms with E-state index in [-0.39, 0.29) is 17.8 Å². The lowest BCUT2D eigenvalue weighted by Gasteiger charge is -2.39. The molecule has 2 saturated carbocycles. The van der Waals surface area contributed by atoms with Gasteiger partial charge in [-0.2, -0.15) is 0 Å². The normalized spacial score (nSPS) is 45.6. The summed E-state index contributed by atoms with van der Waals surface area (Å²) >= 11 is 0. The minimum atomic E-state index is -1.78. The zero-order chi connectivity index (χ0) is 19.9. The van der Waals surface area contributed by atoms with Gasteiger partial charge in [0.2, 0.25) is 0 Å². The summed E-state index contributed by atoms with van der Waals surface area (Å²) in [6.07, 6.45) is -0.937. The van der Waals surface area contributed by atoms with E-state index in [1.165, 1.54) is 0 Å². The first-order valence-corrected chi connectivity index (χ1v) is 8.93. The summed E-state index contributed by atoms with van der Waals surface area (Å²) in [5.41, 5.74) is -1.98. The molecule has 0 bridgehead atoms. The van der Waals surface area contributed by atoms with E-state index < -0.39 is 53.3 Å². The van der Waals surface area contributed by atoms with Crippen molar-refractivity contribution in [1.29, 1.82) is 0 Å². The number of rotatable bonds is 2. The van der Waals surface area contributed by atoms with Gasteiger partial charge in [-0.15, -0.1) is 0 Å². The fourth-order valence-electron chi connectivity index (χ4n) is 4.79. The lowest BCUT2D eigenvalue weighted by molar-refractivity contribution is -0.179. The summed E-state index contributed by atoms with van der Waals surface area (Å²) in [5, 5.41) is 11.6. The molecule has 7 unspecified atom stereocenters. The molecule has 2 aliphatic heterocycles. The van der Waals surface area contributed by atoms with E-state index in [1.807, 2.05) is 0 Å². The van der Waals surface area contributed by atoms with Crippen LogP contribution in [0.3, 0.4) is 0 Å². The van der Waals surface area contributed by atoms with Crippen molar-refractivity contribution < 1.29 is 33.7 Å². The Morgan fingerprint density at radius 2 is 2.04 bits per heavy atom. The molecule has 0 aromatic rings. The molecule has 0 aromatic heterocycles. The predicted octanol–water partition coefficient (Wildman–Crippen LogP) is 1.01. The van der Waals surface area contributed by atoms with Crippen LogP contribution in [0, 0.1) is 11.8 Å². The third-order valence-electron chi connectivity index (χ3n) is 6.53. The van der Waals surface area contributed by atoms with E-state index >= 15 is 0 Å². The summed E-state index contributed by atoms with van der Waals surface area (Å²) < 4.78 is 16.6. The molecule has 0 radical (unpaired) electrons. The third kappa shape index (κ3) is 2.07. The van der Waals surface area contributed by atoms with Crippen LogP contribution >= 0.6 is 0 Å². The highest BCUT2D eigenvalue weighted by atomic mass is 16.6. The summed E-state index contributed by atoms with van der Waals surface area (Å²) in [6, 6.07) is 0. The van der Waals surface area contributed by atoms with Gasteiger partial charge in [0.25, 0.3) is 0 Å². The summed E-state index contributed by atoms with van der Waals surface area (Å²) in [6.45, 7) is 12.7. The van der Waals surface area contributed by atoms with Gasteiger partial charge >= 0.3 is 11.9 Å². The second-order valence-electron chi connectivity index (χ2n) is 7.92. The molecular weight excluding hydrogens is 352 g/mol. The van der Waals surface area contributed by atoms with Crippen molar-refractivity contribution in [1.82, 2.24) is 0 Å². The van der Waals surface area contributed by atoms with Gasteiger partial charge in [-0.3, -0.25) is 4.79 Å². The predicted molar refractivity (Wildman–Crippen MR) is 92.3 cm³/mol. The maximum atomic E-state index is 12.8. The third-order valence-corrected chi connectivity index (χ3v) is 6.53. The van der Waals surface area contributed by atoms with Gasteiger partial charge in [0.15, 0.2) is 5.78 Å². The molecule has 0 spiro atoms. The van der Waals surface area contributed by atoms with Gasteiger partial charge in [0.05, 0.1) is 11.8 Å². The van der Waals surface area contributed by atoms with Crippen LogP contribution in [0.1, 0.15) is 27.2 Å². The minimum absolute atomic E-state index is 0.109. The van der Waals surface area contributed by atoms with Gasteiger partial charge in [0.1, 0.15) is 29.5 Å². The van der Waals surface area contributed by atoms with Crippen molar-refractivity contribution in [2.45, 2.75) is 56.7 Å². The molecule has 7 nitrogen and oxygen atoms in total. The Bertz CT molecular complexity index is 839. The van der Waals surface area contributed by atoms with Crippen molar-refractivity contribution in [3.8, 4) is 0 Å². The lowest BCUT2D eigenvalue weighted by atomic mass is 9.73. The summed E-state index contributed by atoms with van der Waals surface area (Å²) in [5.74, 6) is -3.23. The summed E-state index contributed by atoms with van der Waals surface area (Å²) in [4.78, 5) is 37.4. The quantitative estimate of drug-likeness (QED) is 0.333. The maximum absolute atomic E-state index is 12.8. The van der Waals surface area contributed by atoms with Crippen molar-refractivity contribution in [2.24, 2.45) is 11.8 Å². The van der Waals surface area contributed by atoms with Crippen LogP contribution in [-0.4, -0.2) is 52.3 Å². The highest BCUT2D eigenvalue weighted by molar-refractivity contribution is 5.98. The van der Waals surface area contributed by atoms with Gasteiger partial charge in [-0.1, -0.05) is 24.8 Å². The zero-order valence-electron chi connectivity index (χ0n) is 15.5. The van der Waals surface area contributed by atoms with Crippen molar-refractivity contribution in [3.05, 3.63) is 36.0 Å². The van der Waals surface area contributed by atoms with E-state index in [0.717, 1.165) is 0 Å². The molecular formula is C20H22O7. The number of allylic oxidation sites excluding steroid dienone is 1. The Morgan fingerprint density at radius 1 is 1.37 bits per heavy atom. The second-order valence-corrected chi connectivity index (χ2v) is 7.92. The summed E-state index contributed by atoms with van der Waals surface area (Å²) in [7, 11) is 0. The van der Waals surface area contributed by atoms with Crippen LogP contribution in [0.5, 0.6) is 0 Å². The van der Waals surface area contributed by atoms with Crippen LogP contribution in [0.4, 0.5) is 0 Å². The number of fused-ring (bicyclic) bond motifs is 5. The van der Waals surface area contributed by atoms with Crippen LogP contribution in [0.2, 0.25) is 0 Å². The Morgan fingerprint density at radius 3 is 2.67 bits per heavy atom. The smallest absolute Gasteiger partial charge is 0.334 e. The molecule has 2 heterocycles. The molecule has 4 fully saturated rings. The number of hydrogen-bond acceptors (Lipinski definition) is 7. The highest BCUT2D eigenvalue weighted by Gasteiger charge is 2.84. The minimum Gasteiger partial charge on any atom is -0.458 e. The first-order valence-electron chi connectivity index (χ1n) is 8.93. The number of ether oxygens (including phenoxy) is 3. The highest BCUT2D eigenvalue weighted by Crippen LogP contribution is 2.64. The van der Waals surface area contributed by atoms with E-state index in [1.54, 1.807) is 26.8 Å². The number of hydrogen-bond donors (Lipinski definition) is 1. The van der Waals surface area contributed by atoms with Crippen LogP contribution in [0.15, 0.2) is 36.0 Å². The average molecular weight is 374 g/mol. The average Bonchev–Trinajstić information content (AvgIpc) is 3.20. The monoisotopic (exact) mass is 374 g/mol. The number of carbonyl (C=O) groups is 3. The van der Waals surface area contributed by atoms with Crippen molar-refractivity contribution >= 4 is 17.7 Å².